The Morgan fingerprint density at radius 3 is 2.45 bits per heavy atom. The summed E-state index contributed by atoms with van der Waals surface area (Å²) in [5, 5.41) is 0. The van der Waals surface area contributed by atoms with Gasteiger partial charge in [-0.25, -0.2) is 0 Å². The zero-order chi connectivity index (χ0) is 32.6. The predicted molar refractivity (Wildman–Crippen MR) is 122 cm³/mol. The highest BCUT2D eigenvalue weighted by Gasteiger charge is 2.25. The number of fused-ring (bicyclic) bond motifs is 1. The van der Waals surface area contributed by atoms with Gasteiger partial charge in [-0.1, -0.05) is 66.7 Å². The van der Waals surface area contributed by atoms with Gasteiger partial charge in [0.1, 0.15) is 8.85 Å². The van der Waals surface area contributed by atoms with Crippen molar-refractivity contribution >= 4 is 0 Å². The Labute approximate surface area is 202 Å². The number of benzene rings is 3. The molecule has 160 valence electrons. The van der Waals surface area contributed by atoms with E-state index < -0.39 is 57.6 Å². The third-order valence-corrected chi connectivity index (χ3v) is 4.75. The highest BCUT2D eigenvalue weighted by molar-refractivity contribution is 5.44. The number of hydrogen-bond donors (Lipinski definition) is 0. The van der Waals surface area contributed by atoms with Crippen molar-refractivity contribution in [2.24, 2.45) is 0 Å². The van der Waals surface area contributed by atoms with Gasteiger partial charge < -0.3 is 19.1 Å². The SMILES string of the molecule is [2H]C1([2H])Oc2ccc(CC([2H])([2H])N3C([2H])([2H])C([2H])([2H])C([2H])([2H])C([2H])(OC(c4ccccc4)c4ccccc4)C3([2H])[2H])cc2O1. The summed E-state index contributed by atoms with van der Waals surface area (Å²) in [6, 6.07) is 20.2. The fourth-order valence-electron chi connectivity index (χ4n) is 3.24. The van der Waals surface area contributed by atoms with Crippen LogP contribution in [0.15, 0.2) is 78.9 Å². The number of ether oxygens (including phenoxy) is 3. The van der Waals surface area contributed by atoms with Crippen LogP contribution in [0.5, 0.6) is 11.5 Å². The molecule has 1 unspecified atom stereocenters. The lowest BCUT2D eigenvalue weighted by atomic mass is 10.00. The third-order valence-electron chi connectivity index (χ3n) is 4.75. The van der Waals surface area contributed by atoms with Crippen LogP contribution >= 0.6 is 0 Å². The molecule has 2 heterocycles. The number of nitrogens with zero attached hydrogens (tertiary/aromatic N) is 1. The first-order valence-electron chi connectivity index (χ1n) is 16.3. The number of rotatable bonds is 7. The molecule has 0 saturated carbocycles. The molecule has 1 fully saturated rings. The second-order valence-electron chi connectivity index (χ2n) is 6.86. The maximum Gasteiger partial charge on any atom is 0.231 e. The first kappa shape index (κ1) is 10.2. The summed E-state index contributed by atoms with van der Waals surface area (Å²) >= 11 is 0. The molecule has 3 aromatic rings. The molecule has 31 heavy (non-hydrogen) atoms. The molecule has 4 nitrogen and oxygen atoms in total. The van der Waals surface area contributed by atoms with Crippen molar-refractivity contribution in [1.29, 1.82) is 0 Å². The molecule has 5 rings (SSSR count). The van der Waals surface area contributed by atoms with Crippen molar-refractivity contribution < 1.29 is 32.0 Å². The predicted octanol–water partition coefficient (Wildman–Crippen LogP) is 5.23. The van der Waals surface area contributed by atoms with Gasteiger partial charge in [0, 0.05) is 26.7 Å². The Kier molecular flexibility index (Phi) is 3.14. The molecule has 0 bridgehead atoms. The molecular weight excluding hydrogens is 386 g/mol. The van der Waals surface area contributed by atoms with E-state index in [1.165, 1.54) is 18.2 Å². The lowest BCUT2D eigenvalue weighted by Gasteiger charge is -2.35. The zero-order valence-corrected chi connectivity index (χ0v) is 16.5. The minimum absolute atomic E-state index is 0.0268. The number of aryl methyl sites for hydroxylation is 1. The Balaban J connectivity index is 1.62. The van der Waals surface area contributed by atoms with Crippen molar-refractivity contribution in [3.8, 4) is 11.5 Å². The molecule has 2 aliphatic heterocycles. The summed E-state index contributed by atoms with van der Waals surface area (Å²) in [5.41, 5.74) is 0.834. The normalized spacial score (nSPS) is 35.6. The lowest BCUT2D eigenvalue weighted by Crippen LogP contribution is -2.41. The Morgan fingerprint density at radius 1 is 1.00 bits per heavy atom. The molecule has 0 amide bonds. The van der Waals surface area contributed by atoms with Crippen molar-refractivity contribution in [2.75, 3.05) is 26.2 Å². The standard InChI is InChI=1S/C27H29NO3/c1-3-8-22(9-4-1)27(23-10-5-2-6-11-23)31-24-12-7-16-28(19-24)17-15-21-13-14-25-26(18-21)30-20-29-25/h1-6,8-11,13-14,18,24,27H,7,12,15-17,19-20H2/i7D2,12D2,16D2,17D2,19D2,20D2,24D. The fourth-order valence-corrected chi connectivity index (χ4v) is 3.24. The first-order valence-corrected chi connectivity index (χ1v) is 9.77. The zero-order valence-electron chi connectivity index (χ0n) is 29.5. The number of hydrogen-bond acceptors (Lipinski definition) is 4. The molecule has 0 N–H and O–H groups in total. The van der Waals surface area contributed by atoms with E-state index in [2.05, 4.69) is 0 Å². The fraction of sp³-hybridized carbons (Fsp3) is 0.333. The van der Waals surface area contributed by atoms with Crippen molar-refractivity contribution in [3.63, 3.8) is 0 Å². The van der Waals surface area contributed by atoms with Crippen LogP contribution in [0.4, 0.5) is 0 Å². The molecule has 0 aromatic heterocycles. The van der Waals surface area contributed by atoms with E-state index in [1.807, 2.05) is 0 Å². The van der Waals surface area contributed by atoms with Gasteiger partial charge in [0.2, 0.25) is 6.75 Å². The number of piperidine rings is 1. The van der Waals surface area contributed by atoms with Crippen LogP contribution in [0.25, 0.3) is 0 Å². The number of likely N-dealkylation sites (tertiary alicyclic amines) is 1. The second-order valence-corrected chi connectivity index (χ2v) is 6.86. The van der Waals surface area contributed by atoms with Crippen LogP contribution in [0, 0.1) is 0 Å². The van der Waals surface area contributed by atoms with Gasteiger partial charge in [-0.2, -0.15) is 0 Å². The van der Waals surface area contributed by atoms with Crippen LogP contribution < -0.4 is 9.47 Å². The van der Waals surface area contributed by atoms with E-state index in [-0.39, 0.29) is 22.0 Å². The van der Waals surface area contributed by atoms with Gasteiger partial charge in [0.25, 0.3) is 0 Å². The second kappa shape index (κ2) is 9.54. The molecule has 0 spiro atoms. The van der Waals surface area contributed by atoms with Crippen LogP contribution in [0.1, 0.15) is 53.4 Å². The molecule has 3 aromatic carbocycles. The van der Waals surface area contributed by atoms with E-state index >= 15 is 0 Å². The highest BCUT2D eigenvalue weighted by Crippen LogP contribution is 2.33. The van der Waals surface area contributed by atoms with E-state index in [1.54, 1.807) is 60.7 Å². The maximum absolute atomic E-state index is 9.26. The smallest absolute Gasteiger partial charge is 0.231 e. The molecular formula is C27H29NO3. The van der Waals surface area contributed by atoms with Crippen molar-refractivity contribution in [3.05, 3.63) is 95.6 Å². The van der Waals surface area contributed by atoms with Crippen molar-refractivity contribution in [1.82, 2.24) is 4.90 Å². The topological polar surface area (TPSA) is 30.9 Å². The summed E-state index contributed by atoms with van der Waals surface area (Å²) in [6.07, 6.45) is -13.0. The minimum atomic E-state index is -3.69. The molecule has 4 heteroatoms. The largest absolute Gasteiger partial charge is 0.454 e. The molecule has 1 atom stereocenters. The maximum atomic E-state index is 9.26. The Hall–Kier alpha value is -2.82. The van der Waals surface area contributed by atoms with E-state index in [4.69, 9.17) is 30.7 Å². The molecule has 2 aliphatic rings. The summed E-state index contributed by atoms with van der Waals surface area (Å²) in [4.78, 5) is -0.0990. The average molecular weight is 429 g/mol. The summed E-state index contributed by atoms with van der Waals surface area (Å²) in [7, 11) is 0. The van der Waals surface area contributed by atoms with Crippen LogP contribution in [-0.4, -0.2) is 37.2 Å². The summed E-state index contributed by atoms with van der Waals surface area (Å²) in [6.45, 7) is -12.9. The average Bonchev–Trinajstić information content (AvgIpc) is 3.23. The van der Waals surface area contributed by atoms with Gasteiger partial charge >= 0.3 is 0 Å². The lowest BCUT2D eigenvalue weighted by molar-refractivity contribution is -0.0330. The van der Waals surface area contributed by atoms with Crippen LogP contribution in [0.2, 0.25) is 0 Å². The van der Waals surface area contributed by atoms with E-state index in [9.17, 15) is 1.37 Å². The van der Waals surface area contributed by atoms with Gasteiger partial charge in [-0.05, 0) is 54.5 Å². The minimum Gasteiger partial charge on any atom is -0.454 e. The highest BCUT2D eigenvalue weighted by atomic mass is 16.7. The van der Waals surface area contributed by atoms with Gasteiger partial charge in [-0.15, -0.1) is 0 Å². The van der Waals surface area contributed by atoms with Gasteiger partial charge in [0.15, 0.2) is 11.5 Å². The Bertz CT molecular complexity index is 1480. The summed E-state index contributed by atoms with van der Waals surface area (Å²) < 4.78 is 128. The van der Waals surface area contributed by atoms with E-state index in [0.29, 0.717) is 11.1 Å². The van der Waals surface area contributed by atoms with Crippen LogP contribution in [0.3, 0.4) is 0 Å². The summed E-state index contributed by atoms with van der Waals surface area (Å²) in [5.74, 6) is -0.0507. The third kappa shape index (κ3) is 4.92. The monoisotopic (exact) mass is 428 g/mol. The van der Waals surface area contributed by atoms with E-state index in [0.717, 1.165) is 0 Å². The van der Waals surface area contributed by atoms with Gasteiger partial charge in [-0.3, -0.25) is 0 Å². The van der Waals surface area contributed by atoms with Crippen molar-refractivity contribution in [2.45, 2.75) is 31.4 Å². The molecule has 0 radical (unpaired) electrons. The first-order chi connectivity index (χ1) is 20.2. The Morgan fingerprint density at radius 2 is 1.71 bits per heavy atom. The molecule has 0 aliphatic carbocycles. The quantitative estimate of drug-likeness (QED) is 0.516. The van der Waals surface area contributed by atoms with Crippen LogP contribution in [-0.2, 0) is 11.2 Å². The van der Waals surface area contributed by atoms with Gasteiger partial charge in [0.05, 0.1) is 7.45 Å². The molecule has 1 saturated heterocycles.